The zero-order chi connectivity index (χ0) is 14.4. The Balaban J connectivity index is 2.64. The second-order valence-electron chi connectivity index (χ2n) is 4.84. The summed E-state index contributed by atoms with van der Waals surface area (Å²) < 4.78 is 0. The highest BCUT2D eigenvalue weighted by molar-refractivity contribution is 7.98. The third kappa shape index (κ3) is 5.28. The number of amides is 1. The van der Waals surface area contributed by atoms with Crippen molar-refractivity contribution < 1.29 is 4.79 Å². The van der Waals surface area contributed by atoms with Gasteiger partial charge >= 0.3 is 0 Å². The largest absolute Gasteiger partial charge is 0.382 e. The third-order valence-corrected chi connectivity index (χ3v) is 4.18. The van der Waals surface area contributed by atoms with Crippen LogP contribution in [0, 0.1) is 5.92 Å². The summed E-state index contributed by atoms with van der Waals surface area (Å²) in [5.74, 6) is 1.55. The Hall–Kier alpha value is -0.950. The molecule has 1 unspecified atom stereocenters. The van der Waals surface area contributed by atoms with Crippen molar-refractivity contribution in [2.45, 2.75) is 26.8 Å². The van der Waals surface area contributed by atoms with Crippen LogP contribution in [-0.2, 0) is 0 Å². The molecule has 1 aromatic heterocycles. The Morgan fingerprint density at radius 2 is 2.16 bits per heavy atom. The standard InChI is InChI=1S/C12H22N4OS2/c1-7(2)5-14-12-16-10(13)9(19-12)11(17)15-8(3)6-18-4/h7-8H,5-6,13H2,1-4H3,(H,14,16)(H,15,17). The van der Waals surface area contributed by atoms with Crippen LogP contribution >= 0.6 is 23.1 Å². The molecular weight excluding hydrogens is 280 g/mol. The summed E-state index contributed by atoms with van der Waals surface area (Å²) in [5.41, 5.74) is 5.79. The highest BCUT2D eigenvalue weighted by Gasteiger charge is 2.17. The molecule has 0 fully saturated rings. The summed E-state index contributed by atoms with van der Waals surface area (Å²) in [6.07, 6.45) is 2.01. The maximum absolute atomic E-state index is 12.0. The van der Waals surface area contributed by atoms with Crippen LogP contribution in [0.4, 0.5) is 10.9 Å². The molecule has 1 heterocycles. The maximum atomic E-state index is 12.0. The minimum absolute atomic E-state index is 0.121. The molecule has 1 amide bonds. The average molecular weight is 302 g/mol. The molecule has 1 rings (SSSR count). The van der Waals surface area contributed by atoms with E-state index >= 15 is 0 Å². The SMILES string of the molecule is CSCC(C)NC(=O)c1sc(NCC(C)C)nc1N. The monoisotopic (exact) mass is 302 g/mol. The van der Waals surface area contributed by atoms with E-state index in [-0.39, 0.29) is 11.9 Å². The van der Waals surface area contributed by atoms with Gasteiger partial charge in [-0.3, -0.25) is 4.79 Å². The van der Waals surface area contributed by atoms with Gasteiger partial charge < -0.3 is 16.4 Å². The van der Waals surface area contributed by atoms with E-state index in [2.05, 4.69) is 29.5 Å². The lowest BCUT2D eigenvalue weighted by Crippen LogP contribution is -2.34. The summed E-state index contributed by atoms with van der Waals surface area (Å²) in [7, 11) is 0. The van der Waals surface area contributed by atoms with Gasteiger partial charge in [0.25, 0.3) is 5.91 Å². The van der Waals surface area contributed by atoms with Crippen molar-refractivity contribution in [3.63, 3.8) is 0 Å². The molecule has 5 nitrogen and oxygen atoms in total. The van der Waals surface area contributed by atoms with Gasteiger partial charge in [-0.15, -0.1) is 0 Å². The fourth-order valence-electron chi connectivity index (χ4n) is 1.44. The minimum Gasteiger partial charge on any atom is -0.382 e. The lowest BCUT2D eigenvalue weighted by Gasteiger charge is -2.11. The van der Waals surface area contributed by atoms with Crippen molar-refractivity contribution in [3.05, 3.63) is 4.88 Å². The molecule has 0 bridgehead atoms. The summed E-state index contributed by atoms with van der Waals surface area (Å²) in [6.45, 7) is 7.02. The van der Waals surface area contributed by atoms with Gasteiger partial charge in [-0.2, -0.15) is 11.8 Å². The predicted octanol–water partition coefficient (Wildman–Crippen LogP) is 2.27. The molecule has 19 heavy (non-hydrogen) atoms. The van der Waals surface area contributed by atoms with Crippen LogP contribution < -0.4 is 16.4 Å². The van der Waals surface area contributed by atoms with E-state index in [4.69, 9.17) is 5.73 Å². The minimum atomic E-state index is -0.144. The molecule has 7 heteroatoms. The molecule has 0 spiro atoms. The van der Waals surface area contributed by atoms with E-state index in [1.807, 2.05) is 13.2 Å². The number of thioether (sulfide) groups is 1. The molecule has 4 N–H and O–H groups in total. The third-order valence-electron chi connectivity index (χ3n) is 2.32. The number of carbonyl (C=O) groups excluding carboxylic acids is 1. The van der Waals surface area contributed by atoms with Crippen LogP contribution in [0.1, 0.15) is 30.4 Å². The normalized spacial score (nSPS) is 12.5. The van der Waals surface area contributed by atoms with Crippen molar-refractivity contribution in [1.82, 2.24) is 10.3 Å². The average Bonchev–Trinajstić information content (AvgIpc) is 2.68. The number of aromatic nitrogens is 1. The molecule has 0 aliphatic rings. The van der Waals surface area contributed by atoms with Gasteiger partial charge in [-0.1, -0.05) is 25.2 Å². The second-order valence-corrected chi connectivity index (χ2v) is 6.75. The van der Waals surface area contributed by atoms with Gasteiger partial charge in [0.15, 0.2) is 5.13 Å². The lowest BCUT2D eigenvalue weighted by molar-refractivity contribution is 0.0948. The second kappa shape index (κ2) is 7.59. The van der Waals surface area contributed by atoms with Crippen LogP contribution in [-0.4, -0.2) is 35.5 Å². The summed E-state index contributed by atoms with van der Waals surface area (Å²) >= 11 is 3.00. The first-order valence-corrected chi connectivity index (χ1v) is 8.45. The first-order valence-electron chi connectivity index (χ1n) is 6.24. The molecule has 0 aromatic carbocycles. The van der Waals surface area contributed by atoms with Crippen LogP contribution in [0.25, 0.3) is 0 Å². The summed E-state index contributed by atoms with van der Waals surface area (Å²) in [4.78, 5) is 16.7. The smallest absolute Gasteiger partial charge is 0.265 e. The van der Waals surface area contributed by atoms with Crippen molar-refractivity contribution >= 4 is 40.0 Å². The van der Waals surface area contributed by atoms with Crippen LogP contribution in [0.2, 0.25) is 0 Å². The van der Waals surface area contributed by atoms with E-state index in [9.17, 15) is 4.79 Å². The quantitative estimate of drug-likeness (QED) is 0.720. The number of nitrogens with zero attached hydrogens (tertiary/aromatic N) is 1. The van der Waals surface area contributed by atoms with Crippen molar-refractivity contribution in [2.24, 2.45) is 5.92 Å². The number of carbonyl (C=O) groups is 1. The van der Waals surface area contributed by atoms with Crippen LogP contribution in [0.15, 0.2) is 0 Å². The maximum Gasteiger partial charge on any atom is 0.265 e. The molecule has 0 saturated carbocycles. The molecule has 1 atom stereocenters. The molecular formula is C12H22N4OS2. The lowest BCUT2D eigenvalue weighted by atomic mass is 10.2. The van der Waals surface area contributed by atoms with Crippen molar-refractivity contribution in [2.75, 3.05) is 29.6 Å². The number of nitrogens with two attached hydrogens (primary N) is 1. The Labute approximate surface area is 122 Å². The number of hydrogen-bond donors (Lipinski definition) is 3. The molecule has 108 valence electrons. The fraction of sp³-hybridized carbons (Fsp3) is 0.667. The van der Waals surface area contributed by atoms with Gasteiger partial charge in [0.1, 0.15) is 10.7 Å². The number of hydrogen-bond acceptors (Lipinski definition) is 6. The number of nitrogen functional groups attached to an aromatic ring is 1. The molecule has 0 aliphatic heterocycles. The van der Waals surface area contributed by atoms with E-state index in [0.29, 0.717) is 21.7 Å². The number of nitrogens with one attached hydrogen (secondary N) is 2. The molecule has 0 saturated heterocycles. The highest BCUT2D eigenvalue weighted by Crippen LogP contribution is 2.25. The van der Waals surface area contributed by atoms with Crippen LogP contribution in [0.3, 0.4) is 0 Å². The molecule has 1 aromatic rings. The van der Waals surface area contributed by atoms with Gasteiger partial charge in [0.05, 0.1) is 0 Å². The van der Waals surface area contributed by atoms with E-state index in [0.717, 1.165) is 12.3 Å². The Kier molecular flexibility index (Phi) is 6.44. The zero-order valence-corrected chi connectivity index (χ0v) is 13.5. The highest BCUT2D eigenvalue weighted by atomic mass is 32.2. The van der Waals surface area contributed by atoms with Gasteiger partial charge in [0.2, 0.25) is 0 Å². The van der Waals surface area contributed by atoms with Crippen LogP contribution in [0.5, 0.6) is 0 Å². The first-order chi connectivity index (χ1) is 8.93. The molecule has 0 aliphatic carbocycles. The topological polar surface area (TPSA) is 80.0 Å². The number of rotatable bonds is 7. The van der Waals surface area contributed by atoms with Gasteiger partial charge in [0, 0.05) is 18.3 Å². The first kappa shape index (κ1) is 16.1. The van der Waals surface area contributed by atoms with E-state index in [1.54, 1.807) is 11.8 Å². The Morgan fingerprint density at radius 3 is 2.74 bits per heavy atom. The number of anilines is 2. The fourth-order valence-corrected chi connectivity index (χ4v) is 2.82. The molecule has 0 radical (unpaired) electrons. The van der Waals surface area contributed by atoms with Crippen molar-refractivity contribution in [3.8, 4) is 0 Å². The summed E-state index contributed by atoms with van der Waals surface area (Å²) in [5, 5.41) is 6.80. The van der Waals surface area contributed by atoms with Gasteiger partial charge in [-0.25, -0.2) is 4.98 Å². The van der Waals surface area contributed by atoms with E-state index in [1.165, 1.54) is 11.3 Å². The van der Waals surface area contributed by atoms with Gasteiger partial charge in [-0.05, 0) is 19.1 Å². The van der Waals surface area contributed by atoms with Crippen molar-refractivity contribution in [1.29, 1.82) is 0 Å². The Bertz CT molecular complexity index is 420. The Morgan fingerprint density at radius 1 is 1.47 bits per heavy atom. The predicted molar refractivity (Wildman–Crippen MR) is 85.2 cm³/mol. The number of thiazole rings is 1. The van der Waals surface area contributed by atoms with E-state index < -0.39 is 0 Å². The zero-order valence-electron chi connectivity index (χ0n) is 11.8. The summed E-state index contributed by atoms with van der Waals surface area (Å²) in [6, 6.07) is 0.121.